The van der Waals surface area contributed by atoms with Gasteiger partial charge in [-0.25, -0.2) is 0 Å². The minimum absolute atomic E-state index is 0.0811. The van der Waals surface area contributed by atoms with Crippen molar-refractivity contribution in [3.63, 3.8) is 0 Å². The van der Waals surface area contributed by atoms with Crippen molar-refractivity contribution in [1.82, 2.24) is 19.6 Å². The maximum Gasteiger partial charge on any atom is 0.205 e. The molecule has 18 heavy (non-hydrogen) atoms. The summed E-state index contributed by atoms with van der Waals surface area (Å²) in [5.74, 6) is -0.0811. The third-order valence-electron chi connectivity index (χ3n) is 2.59. The van der Waals surface area contributed by atoms with Gasteiger partial charge in [0.05, 0.1) is 16.4 Å². The first-order valence-electron chi connectivity index (χ1n) is 5.55. The first-order chi connectivity index (χ1) is 8.63. The van der Waals surface area contributed by atoms with E-state index in [1.54, 1.807) is 27.8 Å². The summed E-state index contributed by atoms with van der Waals surface area (Å²) in [6.07, 6.45) is 6.60. The summed E-state index contributed by atoms with van der Waals surface area (Å²) in [6.45, 7) is 2.60. The van der Waals surface area contributed by atoms with Gasteiger partial charge in [0, 0.05) is 19.8 Å². The number of nitrogens with zero attached hydrogens (tertiary/aromatic N) is 4. The number of aryl methyl sites for hydroxylation is 2. The predicted molar refractivity (Wildman–Crippen MR) is 72.2 cm³/mol. The highest BCUT2D eigenvalue weighted by Gasteiger charge is 2.13. The van der Waals surface area contributed by atoms with Crippen LogP contribution in [0.25, 0.3) is 6.08 Å². The Hall–Kier alpha value is -1.69. The second kappa shape index (κ2) is 5.30. The number of ketones is 1. The molecule has 0 aromatic carbocycles. The lowest BCUT2D eigenvalue weighted by Gasteiger charge is -2.01. The lowest BCUT2D eigenvalue weighted by Crippen LogP contribution is -2.08. The molecule has 0 saturated carbocycles. The molecule has 0 aliphatic rings. The molecule has 5 nitrogen and oxygen atoms in total. The van der Waals surface area contributed by atoms with Crippen molar-refractivity contribution >= 4 is 27.8 Å². The molecule has 0 unspecified atom stereocenters. The normalized spacial score (nSPS) is 11.3. The van der Waals surface area contributed by atoms with Crippen LogP contribution in [0.4, 0.5) is 0 Å². The molecule has 2 aromatic heterocycles. The van der Waals surface area contributed by atoms with Crippen LogP contribution in [-0.2, 0) is 13.6 Å². The van der Waals surface area contributed by atoms with Gasteiger partial charge in [-0.3, -0.25) is 14.2 Å². The molecule has 0 aliphatic heterocycles. The first-order valence-corrected chi connectivity index (χ1v) is 6.34. The monoisotopic (exact) mass is 308 g/mol. The number of aromatic nitrogens is 4. The van der Waals surface area contributed by atoms with Crippen LogP contribution >= 0.6 is 15.9 Å². The second-order valence-corrected chi connectivity index (χ2v) is 4.59. The van der Waals surface area contributed by atoms with Crippen LogP contribution in [0.2, 0.25) is 0 Å². The van der Waals surface area contributed by atoms with Gasteiger partial charge in [-0.15, -0.1) is 0 Å². The molecular formula is C12H13BrN4O. The van der Waals surface area contributed by atoms with Crippen LogP contribution in [0, 0.1) is 0 Å². The van der Waals surface area contributed by atoms with E-state index in [2.05, 4.69) is 26.1 Å². The summed E-state index contributed by atoms with van der Waals surface area (Å²) < 4.78 is 4.08. The van der Waals surface area contributed by atoms with Gasteiger partial charge in [-0.05, 0) is 41.1 Å². The molecule has 2 rings (SSSR count). The van der Waals surface area contributed by atoms with Gasteiger partial charge in [-0.1, -0.05) is 0 Å². The molecule has 94 valence electrons. The molecule has 0 radical (unpaired) electrons. The number of hydrogen-bond acceptors (Lipinski definition) is 3. The molecule has 2 heterocycles. The molecular weight excluding hydrogens is 296 g/mol. The van der Waals surface area contributed by atoms with Crippen molar-refractivity contribution in [3.8, 4) is 0 Å². The summed E-state index contributed by atoms with van der Waals surface area (Å²) in [6, 6.07) is 1.84. The largest absolute Gasteiger partial charge is 0.288 e. The van der Waals surface area contributed by atoms with Crippen molar-refractivity contribution in [2.24, 2.45) is 7.05 Å². The van der Waals surface area contributed by atoms with E-state index in [4.69, 9.17) is 0 Å². The summed E-state index contributed by atoms with van der Waals surface area (Å²) in [4.78, 5) is 12.1. The quantitative estimate of drug-likeness (QED) is 0.643. The highest BCUT2D eigenvalue weighted by Crippen LogP contribution is 2.17. The third-order valence-corrected chi connectivity index (χ3v) is 3.17. The van der Waals surface area contributed by atoms with E-state index >= 15 is 0 Å². The Morgan fingerprint density at radius 3 is 2.89 bits per heavy atom. The van der Waals surface area contributed by atoms with E-state index < -0.39 is 0 Å². The van der Waals surface area contributed by atoms with E-state index in [1.807, 2.05) is 20.0 Å². The number of carbonyl (C=O) groups is 1. The second-order valence-electron chi connectivity index (χ2n) is 3.73. The van der Waals surface area contributed by atoms with Crippen LogP contribution in [-0.4, -0.2) is 25.3 Å². The molecule has 0 N–H and O–H groups in total. The summed E-state index contributed by atoms with van der Waals surface area (Å²) in [5.41, 5.74) is 1.44. The van der Waals surface area contributed by atoms with Crippen LogP contribution in [0.15, 0.2) is 29.0 Å². The van der Waals surface area contributed by atoms with E-state index in [1.165, 1.54) is 6.08 Å². The Balaban J connectivity index is 2.25. The zero-order chi connectivity index (χ0) is 13.1. The third kappa shape index (κ3) is 2.43. The van der Waals surface area contributed by atoms with Crippen LogP contribution < -0.4 is 0 Å². The average Bonchev–Trinajstić information content (AvgIpc) is 2.92. The van der Waals surface area contributed by atoms with Gasteiger partial charge in [-0.2, -0.15) is 10.2 Å². The highest BCUT2D eigenvalue weighted by molar-refractivity contribution is 9.10. The summed E-state index contributed by atoms with van der Waals surface area (Å²) in [5, 5.41) is 8.15. The Bertz CT molecular complexity index is 597. The van der Waals surface area contributed by atoms with Gasteiger partial charge < -0.3 is 0 Å². The number of allylic oxidation sites excluding steroid dienone is 1. The predicted octanol–water partition coefficient (Wildman–Crippen LogP) is 2.30. The standard InChI is InChI=1S/C12H13BrN4O/c1-3-17-12(10(13)8-15-17)11(18)5-4-9-6-7-14-16(9)2/h4-8H,3H2,1-2H3/b5-4+. The van der Waals surface area contributed by atoms with Crippen molar-refractivity contribution in [1.29, 1.82) is 0 Å². The molecule has 0 spiro atoms. The van der Waals surface area contributed by atoms with Crippen molar-refractivity contribution in [2.75, 3.05) is 0 Å². The minimum Gasteiger partial charge on any atom is -0.288 e. The van der Waals surface area contributed by atoms with Gasteiger partial charge >= 0.3 is 0 Å². The highest BCUT2D eigenvalue weighted by atomic mass is 79.9. The fourth-order valence-corrected chi connectivity index (χ4v) is 2.13. The number of carbonyl (C=O) groups excluding carboxylic acids is 1. The van der Waals surface area contributed by atoms with Gasteiger partial charge in [0.2, 0.25) is 5.78 Å². The van der Waals surface area contributed by atoms with Gasteiger partial charge in [0.25, 0.3) is 0 Å². The molecule has 2 aromatic rings. The Kier molecular flexibility index (Phi) is 3.76. The van der Waals surface area contributed by atoms with E-state index in [0.717, 1.165) is 5.69 Å². The topological polar surface area (TPSA) is 52.7 Å². The molecule has 6 heteroatoms. The maximum atomic E-state index is 12.1. The molecule has 0 fully saturated rings. The number of hydrogen-bond donors (Lipinski definition) is 0. The number of rotatable bonds is 4. The van der Waals surface area contributed by atoms with Crippen LogP contribution in [0.3, 0.4) is 0 Å². The lowest BCUT2D eigenvalue weighted by molar-refractivity contribution is 0.103. The Labute approximate surface area is 113 Å². The fourth-order valence-electron chi connectivity index (χ4n) is 1.63. The van der Waals surface area contributed by atoms with Crippen LogP contribution in [0.1, 0.15) is 23.1 Å². The Morgan fingerprint density at radius 1 is 1.50 bits per heavy atom. The van der Waals surface area contributed by atoms with Crippen molar-refractivity contribution in [2.45, 2.75) is 13.5 Å². The molecule has 0 aliphatic carbocycles. The van der Waals surface area contributed by atoms with Crippen LogP contribution in [0.5, 0.6) is 0 Å². The zero-order valence-corrected chi connectivity index (χ0v) is 11.8. The summed E-state index contributed by atoms with van der Waals surface area (Å²) in [7, 11) is 1.83. The van der Waals surface area contributed by atoms with Gasteiger partial charge in [0.1, 0.15) is 5.69 Å². The molecule has 0 saturated heterocycles. The SMILES string of the molecule is CCn1ncc(Br)c1C(=O)/C=C/c1ccnn1C. The zero-order valence-electron chi connectivity index (χ0n) is 10.2. The molecule has 0 atom stereocenters. The average molecular weight is 309 g/mol. The van der Waals surface area contributed by atoms with Crippen molar-refractivity contribution < 1.29 is 4.79 Å². The molecule has 0 bridgehead atoms. The first kappa shape index (κ1) is 12.8. The Morgan fingerprint density at radius 2 is 2.28 bits per heavy atom. The number of halogens is 1. The maximum absolute atomic E-state index is 12.1. The molecule has 0 amide bonds. The van der Waals surface area contributed by atoms with E-state index in [9.17, 15) is 4.79 Å². The smallest absolute Gasteiger partial charge is 0.205 e. The fraction of sp³-hybridized carbons (Fsp3) is 0.250. The van der Waals surface area contributed by atoms with E-state index in [0.29, 0.717) is 16.7 Å². The van der Waals surface area contributed by atoms with Gasteiger partial charge in [0.15, 0.2) is 0 Å². The summed E-state index contributed by atoms with van der Waals surface area (Å²) >= 11 is 3.34. The van der Waals surface area contributed by atoms with E-state index in [-0.39, 0.29) is 5.78 Å². The minimum atomic E-state index is -0.0811. The lowest BCUT2D eigenvalue weighted by atomic mass is 10.2. The van der Waals surface area contributed by atoms with Crippen molar-refractivity contribution in [3.05, 3.63) is 40.4 Å².